The average molecular weight is 315 g/mol. The summed E-state index contributed by atoms with van der Waals surface area (Å²) < 4.78 is 1.99. The van der Waals surface area contributed by atoms with E-state index in [1.165, 1.54) is 10.8 Å². The Balaban J connectivity index is 2.01. The number of aryl methyl sites for hydroxylation is 1. The number of thioether (sulfide) groups is 1. The third kappa shape index (κ3) is 2.26. The van der Waals surface area contributed by atoms with Gasteiger partial charge in [-0.3, -0.25) is 4.40 Å². The van der Waals surface area contributed by atoms with Gasteiger partial charge >= 0.3 is 0 Å². The highest BCUT2D eigenvalue weighted by Crippen LogP contribution is 2.33. The topological polar surface area (TPSA) is 41.1 Å². The molecular formula is C19H13N3S. The molecule has 0 saturated carbocycles. The Morgan fingerprint density at radius 3 is 2.70 bits per heavy atom. The first-order chi connectivity index (χ1) is 11.3. The van der Waals surface area contributed by atoms with Gasteiger partial charge in [0.25, 0.3) is 0 Å². The Hall–Kier alpha value is -2.77. The second-order valence-electron chi connectivity index (χ2n) is 5.41. The highest BCUT2D eigenvalue weighted by molar-refractivity contribution is 8.03. The lowest BCUT2D eigenvalue weighted by atomic mass is 10.1. The van der Waals surface area contributed by atoms with Crippen LogP contribution in [0.1, 0.15) is 5.56 Å². The van der Waals surface area contributed by atoms with Crippen molar-refractivity contribution >= 4 is 28.2 Å². The monoisotopic (exact) mass is 315 g/mol. The molecule has 23 heavy (non-hydrogen) atoms. The van der Waals surface area contributed by atoms with E-state index in [0.717, 1.165) is 39.3 Å². The summed E-state index contributed by atoms with van der Waals surface area (Å²) in [5.74, 6) is 0. The quantitative estimate of drug-likeness (QED) is 0.384. The average Bonchev–Trinajstić information content (AvgIpc) is 2.95. The Kier molecular flexibility index (Phi) is 3.29. The molecular weight excluding hydrogens is 302 g/mol. The number of rotatable bonds is 2. The maximum absolute atomic E-state index is 9.18. The van der Waals surface area contributed by atoms with Crippen LogP contribution < -0.4 is 0 Å². The minimum atomic E-state index is 0.858. The van der Waals surface area contributed by atoms with E-state index in [2.05, 4.69) is 35.7 Å². The van der Waals surface area contributed by atoms with Crippen molar-refractivity contribution in [3.05, 3.63) is 66.4 Å². The van der Waals surface area contributed by atoms with Crippen LogP contribution in [-0.2, 0) is 0 Å². The van der Waals surface area contributed by atoms with E-state index in [0.29, 0.717) is 0 Å². The number of aromatic nitrogens is 2. The summed E-state index contributed by atoms with van der Waals surface area (Å²) in [4.78, 5) is 4.80. The van der Waals surface area contributed by atoms with Gasteiger partial charge in [0.05, 0.1) is 0 Å². The van der Waals surface area contributed by atoms with Gasteiger partial charge in [-0.15, -0.1) is 0 Å². The zero-order valence-corrected chi connectivity index (χ0v) is 13.3. The first kappa shape index (κ1) is 13.9. The van der Waals surface area contributed by atoms with Crippen LogP contribution in [0, 0.1) is 17.6 Å². The fourth-order valence-corrected chi connectivity index (χ4v) is 3.44. The standard InChI is InChI=1S/C19H13N3S/c1-13-5-4-10-22-18(13)21-17(19(22)23-12-20)16-9-8-14-6-2-3-7-15(14)11-16/h2-11H,1H3. The van der Waals surface area contributed by atoms with Crippen molar-refractivity contribution in [2.75, 3.05) is 0 Å². The lowest BCUT2D eigenvalue weighted by molar-refractivity contribution is 1.05. The summed E-state index contributed by atoms with van der Waals surface area (Å²) in [7, 11) is 0. The summed E-state index contributed by atoms with van der Waals surface area (Å²) in [6.45, 7) is 2.04. The predicted molar refractivity (Wildman–Crippen MR) is 94.3 cm³/mol. The van der Waals surface area contributed by atoms with E-state index in [-0.39, 0.29) is 0 Å². The van der Waals surface area contributed by atoms with Crippen LogP contribution >= 0.6 is 11.8 Å². The highest BCUT2D eigenvalue weighted by atomic mass is 32.2. The maximum atomic E-state index is 9.18. The van der Waals surface area contributed by atoms with E-state index >= 15 is 0 Å². The molecule has 0 bridgehead atoms. The number of hydrogen-bond donors (Lipinski definition) is 0. The van der Waals surface area contributed by atoms with Crippen molar-refractivity contribution in [1.29, 1.82) is 5.26 Å². The maximum Gasteiger partial charge on any atom is 0.141 e. The van der Waals surface area contributed by atoms with Crippen molar-refractivity contribution in [2.24, 2.45) is 0 Å². The Morgan fingerprint density at radius 2 is 1.87 bits per heavy atom. The van der Waals surface area contributed by atoms with Crippen LogP contribution in [0.15, 0.2) is 65.8 Å². The molecule has 3 nitrogen and oxygen atoms in total. The van der Waals surface area contributed by atoms with Gasteiger partial charge in [0.2, 0.25) is 0 Å². The van der Waals surface area contributed by atoms with Crippen LogP contribution in [0.5, 0.6) is 0 Å². The van der Waals surface area contributed by atoms with Crippen LogP contribution in [0.2, 0.25) is 0 Å². The molecule has 0 N–H and O–H groups in total. The number of hydrogen-bond acceptors (Lipinski definition) is 3. The zero-order valence-electron chi connectivity index (χ0n) is 12.5. The van der Waals surface area contributed by atoms with Crippen LogP contribution in [-0.4, -0.2) is 9.38 Å². The van der Waals surface area contributed by atoms with Gasteiger partial charge in [0.1, 0.15) is 21.8 Å². The molecule has 0 spiro atoms. The van der Waals surface area contributed by atoms with Crippen molar-refractivity contribution in [3.63, 3.8) is 0 Å². The second-order valence-corrected chi connectivity index (χ2v) is 6.18. The van der Waals surface area contributed by atoms with E-state index in [1.54, 1.807) is 0 Å². The van der Waals surface area contributed by atoms with E-state index in [4.69, 9.17) is 4.98 Å². The number of thiocyanates is 1. The van der Waals surface area contributed by atoms with Crippen LogP contribution in [0.25, 0.3) is 27.7 Å². The van der Waals surface area contributed by atoms with Gasteiger partial charge in [-0.2, -0.15) is 5.26 Å². The largest absolute Gasteiger partial charge is 0.293 e. The molecule has 4 rings (SSSR count). The Bertz CT molecular complexity index is 1070. The third-order valence-electron chi connectivity index (χ3n) is 3.97. The molecule has 0 radical (unpaired) electrons. The molecule has 2 aromatic carbocycles. The number of nitriles is 1. The van der Waals surface area contributed by atoms with Crippen LogP contribution in [0.4, 0.5) is 0 Å². The molecule has 110 valence electrons. The summed E-state index contributed by atoms with van der Waals surface area (Å²) in [5, 5.41) is 14.6. The normalized spacial score (nSPS) is 11.0. The van der Waals surface area contributed by atoms with Gasteiger partial charge in [-0.1, -0.05) is 42.5 Å². The number of fused-ring (bicyclic) bond motifs is 2. The molecule has 0 aliphatic rings. The van der Waals surface area contributed by atoms with E-state index in [9.17, 15) is 5.26 Å². The smallest absolute Gasteiger partial charge is 0.141 e. The van der Waals surface area contributed by atoms with E-state index in [1.807, 2.05) is 41.8 Å². The molecule has 0 atom stereocenters. The molecule has 0 amide bonds. The van der Waals surface area contributed by atoms with Crippen molar-refractivity contribution in [3.8, 4) is 16.7 Å². The SMILES string of the molecule is Cc1cccn2c(SC#N)c(-c3ccc4ccccc4c3)nc12. The van der Waals surface area contributed by atoms with Gasteiger partial charge in [-0.25, -0.2) is 4.98 Å². The third-order valence-corrected chi connectivity index (χ3v) is 4.64. The van der Waals surface area contributed by atoms with Gasteiger partial charge < -0.3 is 0 Å². The van der Waals surface area contributed by atoms with E-state index < -0.39 is 0 Å². The minimum absolute atomic E-state index is 0.858. The number of benzene rings is 2. The number of pyridine rings is 1. The molecule has 0 aliphatic carbocycles. The molecule has 0 fully saturated rings. The van der Waals surface area contributed by atoms with Crippen molar-refractivity contribution in [2.45, 2.75) is 11.9 Å². The lowest BCUT2D eigenvalue weighted by Gasteiger charge is -2.03. The van der Waals surface area contributed by atoms with Crippen molar-refractivity contribution in [1.82, 2.24) is 9.38 Å². The summed E-state index contributed by atoms with van der Waals surface area (Å²) in [6.07, 6.45) is 1.96. The second kappa shape index (κ2) is 5.45. The molecule has 0 saturated heterocycles. The molecule has 4 heteroatoms. The predicted octanol–water partition coefficient (Wildman–Crippen LogP) is 5.04. The fourth-order valence-electron chi connectivity index (χ4n) is 2.85. The van der Waals surface area contributed by atoms with Crippen LogP contribution in [0.3, 0.4) is 0 Å². The fraction of sp³-hybridized carbons (Fsp3) is 0.0526. The number of nitrogens with zero attached hydrogens (tertiary/aromatic N) is 3. The van der Waals surface area contributed by atoms with Crippen molar-refractivity contribution < 1.29 is 0 Å². The molecule has 4 aromatic rings. The molecule has 0 unspecified atom stereocenters. The minimum Gasteiger partial charge on any atom is -0.293 e. The first-order valence-corrected chi connectivity index (χ1v) is 8.12. The molecule has 0 aliphatic heterocycles. The van der Waals surface area contributed by atoms with Gasteiger partial charge in [0.15, 0.2) is 0 Å². The highest BCUT2D eigenvalue weighted by Gasteiger charge is 2.16. The Morgan fingerprint density at radius 1 is 1.04 bits per heavy atom. The zero-order chi connectivity index (χ0) is 15.8. The summed E-state index contributed by atoms with van der Waals surface area (Å²) in [6, 6.07) is 18.6. The first-order valence-electron chi connectivity index (χ1n) is 7.31. The van der Waals surface area contributed by atoms with Gasteiger partial charge in [-0.05, 0) is 35.4 Å². The Labute approximate surface area is 138 Å². The molecule has 2 heterocycles. The lowest BCUT2D eigenvalue weighted by Crippen LogP contribution is -1.87. The summed E-state index contributed by atoms with van der Waals surface area (Å²) >= 11 is 1.15. The molecule has 2 aromatic heterocycles. The summed E-state index contributed by atoms with van der Waals surface area (Å²) in [5.41, 5.74) is 3.88. The number of imidazole rings is 1. The van der Waals surface area contributed by atoms with Gasteiger partial charge in [0, 0.05) is 23.5 Å².